The molecular formula is C23H26F2N2O2. The summed E-state index contributed by atoms with van der Waals surface area (Å²) in [7, 11) is 0. The van der Waals surface area contributed by atoms with Crippen molar-refractivity contribution in [1.29, 1.82) is 0 Å². The number of likely N-dealkylation sites (tertiary alicyclic amines) is 1. The summed E-state index contributed by atoms with van der Waals surface area (Å²) in [5, 5.41) is 2.65. The summed E-state index contributed by atoms with van der Waals surface area (Å²) < 4.78 is 28.4. The Morgan fingerprint density at radius 3 is 2.45 bits per heavy atom. The van der Waals surface area contributed by atoms with E-state index < -0.39 is 23.0 Å². The topological polar surface area (TPSA) is 49.4 Å². The molecule has 4 nitrogen and oxygen atoms in total. The van der Waals surface area contributed by atoms with E-state index in [1.165, 1.54) is 6.07 Å². The van der Waals surface area contributed by atoms with Crippen molar-refractivity contribution in [2.75, 3.05) is 18.4 Å². The summed E-state index contributed by atoms with van der Waals surface area (Å²) in [6, 6.07) is 10.8. The Bertz CT molecular complexity index is 907. The molecule has 6 heteroatoms. The number of rotatable bonds is 3. The average Bonchev–Trinajstić information content (AvgIpc) is 2.69. The van der Waals surface area contributed by atoms with Crippen LogP contribution in [0.4, 0.5) is 14.5 Å². The van der Waals surface area contributed by atoms with E-state index in [2.05, 4.69) is 5.32 Å². The standard InChI is InChI=1S/C23H26F2N2O2/c1-23(2,3)22(29)27-11-7-10-16(14-27)21(28)26-20-18(12-17(24)13-19(20)25)15-8-5-4-6-9-15/h4-6,8-9,12-13,16H,7,10-11,14H2,1-3H3,(H,26,28). The van der Waals surface area contributed by atoms with Gasteiger partial charge < -0.3 is 10.2 Å². The Kier molecular flexibility index (Phi) is 6.01. The van der Waals surface area contributed by atoms with Crippen LogP contribution in [-0.2, 0) is 9.59 Å². The van der Waals surface area contributed by atoms with Gasteiger partial charge >= 0.3 is 0 Å². The van der Waals surface area contributed by atoms with E-state index in [4.69, 9.17) is 0 Å². The van der Waals surface area contributed by atoms with Gasteiger partial charge in [-0.1, -0.05) is 51.1 Å². The van der Waals surface area contributed by atoms with Crippen molar-refractivity contribution < 1.29 is 18.4 Å². The first-order chi connectivity index (χ1) is 13.7. The first-order valence-electron chi connectivity index (χ1n) is 9.81. The minimum atomic E-state index is -0.823. The van der Waals surface area contributed by atoms with Gasteiger partial charge in [0.25, 0.3) is 0 Å². The van der Waals surface area contributed by atoms with Gasteiger partial charge in [0.15, 0.2) is 0 Å². The molecule has 2 aromatic carbocycles. The number of carbonyl (C=O) groups excluding carboxylic acids is 2. The van der Waals surface area contributed by atoms with E-state index in [1.54, 1.807) is 35.2 Å². The molecule has 0 bridgehead atoms. The highest BCUT2D eigenvalue weighted by Gasteiger charge is 2.33. The van der Waals surface area contributed by atoms with E-state index in [0.29, 0.717) is 31.5 Å². The van der Waals surface area contributed by atoms with E-state index in [9.17, 15) is 18.4 Å². The molecule has 0 saturated carbocycles. The number of nitrogens with one attached hydrogen (secondary N) is 1. The van der Waals surface area contributed by atoms with Crippen LogP contribution >= 0.6 is 0 Å². The third-order valence-corrected chi connectivity index (χ3v) is 5.11. The third kappa shape index (κ3) is 4.81. The van der Waals surface area contributed by atoms with Crippen molar-refractivity contribution >= 4 is 17.5 Å². The summed E-state index contributed by atoms with van der Waals surface area (Å²) in [6.07, 6.45) is 1.32. The fourth-order valence-corrected chi connectivity index (χ4v) is 3.62. The van der Waals surface area contributed by atoms with Gasteiger partial charge in [-0.2, -0.15) is 0 Å². The van der Waals surface area contributed by atoms with E-state index in [0.717, 1.165) is 6.07 Å². The van der Waals surface area contributed by atoms with Gasteiger partial charge in [0, 0.05) is 30.1 Å². The van der Waals surface area contributed by atoms with E-state index in [-0.39, 0.29) is 23.1 Å². The maximum Gasteiger partial charge on any atom is 0.229 e. The summed E-state index contributed by atoms with van der Waals surface area (Å²) >= 11 is 0. The molecule has 1 N–H and O–H groups in total. The van der Waals surface area contributed by atoms with Gasteiger partial charge in [-0.3, -0.25) is 9.59 Å². The minimum absolute atomic E-state index is 0.00654. The minimum Gasteiger partial charge on any atom is -0.341 e. The Morgan fingerprint density at radius 1 is 1.10 bits per heavy atom. The van der Waals surface area contributed by atoms with Gasteiger partial charge in [0.2, 0.25) is 11.8 Å². The molecule has 3 rings (SSSR count). The van der Waals surface area contributed by atoms with Crippen molar-refractivity contribution in [1.82, 2.24) is 4.90 Å². The molecule has 0 spiro atoms. The second kappa shape index (κ2) is 8.31. The van der Waals surface area contributed by atoms with Crippen molar-refractivity contribution in [2.45, 2.75) is 33.6 Å². The van der Waals surface area contributed by atoms with Gasteiger partial charge in [-0.05, 0) is 24.5 Å². The molecule has 1 aliphatic heterocycles. The summed E-state index contributed by atoms with van der Waals surface area (Å²) in [4.78, 5) is 27.2. The van der Waals surface area contributed by atoms with Crippen LogP contribution in [0.5, 0.6) is 0 Å². The zero-order valence-electron chi connectivity index (χ0n) is 17.0. The summed E-state index contributed by atoms with van der Waals surface area (Å²) in [5.74, 6) is -2.34. The maximum atomic E-state index is 14.6. The van der Waals surface area contributed by atoms with Crippen LogP contribution < -0.4 is 5.32 Å². The molecule has 0 aliphatic carbocycles. The Balaban J connectivity index is 1.83. The molecule has 2 amide bonds. The van der Waals surface area contributed by atoms with Gasteiger partial charge in [0.1, 0.15) is 11.6 Å². The predicted octanol–water partition coefficient (Wildman–Crippen LogP) is 4.86. The monoisotopic (exact) mass is 400 g/mol. The van der Waals surface area contributed by atoms with Crippen LogP contribution in [0.15, 0.2) is 42.5 Å². The molecule has 29 heavy (non-hydrogen) atoms. The fourth-order valence-electron chi connectivity index (χ4n) is 3.62. The number of benzene rings is 2. The highest BCUT2D eigenvalue weighted by molar-refractivity contribution is 5.97. The molecule has 0 aromatic heterocycles. The van der Waals surface area contributed by atoms with Gasteiger partial charge in [-0.15, -0.1) is 0 Å². The lowest BCUT2D eigenvalue weighted by atomic mass is 9.90. The summed E-state index contributed by atoms with van der Waals surface area (Å²) in [5.41, 5.74) is 0.327. The number of hydrogen-bond donors (Lipinski definition) is 1. The Labute approximate surface area is 169 Å². The zero-order valence-corrected chi connectivity index (χ0v) is 17.0. The predicted molar refractivity (Wildman–Crippen MR) is 109 cm³/mol. The Hall–Kier alpha value is -2.76. The van der Waals surface area contributed by atoms with E-state index in [1.807, 2.05) is 20.8 Å². The van der Waals surface area contributed by atoms with Crippen LogP contribution in [0.2, 0.25) is 0 Å². The first-order valence-corrected chi connectivity index (χ1v) is 9.81. The number of anilines is 1. The van der Waals surface area contributed by atoms with Crippen LogP contribution in [0.3, 0.4) is 0 Å². The second-order valence-corrected chi connectivity index (χ2v) is 8.51. The largest absolute Gasteiger partial charge is 0.341 e. The van der Waals surface area contributed by atoms with Crippen molar-refractivity contribution in [3.63, 3.8) is 0 Å². The van der Waals surface area contributed by atoms with Crippen molar-refractivity contribution in [3.05, 3.63) is 54.1 Å². The van der Waals surface area contributed by atoms with Gasteiger partial charge in [-0.25, -0.2) is 8.78 Å². The number of amides is 2. The van der Waals surface area contributed by atoms with Gasteiger partial charge in [0.05, 0.1) is 11.6 Å². The molecule has 1 atom stereocenters. The number of carbonyl (C=O) groups is 2. The molecule has 1 aliphatic rings. The Morgan fingerprint density at radius 2 is 1.79 bits per heavy atom. The molecule has 1 fully saturated rings. The number of hydrogen-bond acceptors (Lipinski definition) is 2. The van der Waals surface area contributed by atoms with Crippen LogP contribution in [0, 0.1) is 23.0 Å². The molecule has 0 radical (unpaired) electrons. The average molecular weight is 400 g/mol. The maximum absolute atomic E-state index is 14.6. The molecule has 1 unspecified atom stereocenters. The second-order valence-electron chi connectivity index (χ2n) is 8.51. The highest BCUT2D eigenvalue weighted by atomic mass is 19.1. The van der Waals surface area contributed by atoms with Crippen LogP contribution in [0.25, 0.3) is 11.1 Å². The zero-order chi connectivity index (χ0) is 21.2. The highest BCUT2D eigenvalue weighted by Crippen LogP contribution is 2.32. The lowest BCUT2D eigenvalue weighted by molar-refractivity contribution is -0.142. The smallest absolute Gasteiger partial charge is 0.229 e. The normalized spacial score (nSPS) is 17.1. The van der Waals surface area contributed by atoms with Crippen molar-refractivity contribution in [2.24, 2.45) is 11.3 Å². The quantitative estimate of drug-likeness (QED) is 0.800. The lowest BCUT2D eigenvalue weighted by Gasteiger charge is -2.36. The molecule has 154 valence electrons. The fraction of sp³-hybridized carbons (Fsp3) is 0.391. The number of halogens is 2. The molecule has 1 heterocycles. The molecule has 2 aromatic rings. The number of piperidine rings is 1. The SMILES string of the molecule is CC(C)(C)C(=O)N1CCCC(C(=O)Nc2c(F)cc(F)cc2-c2ccccc2)C1. The lowest BCUT2D eigenvalue weighted by Crippen LogP contribution is -2.47. The first kappa shape index (κ1) is 21.0. The van der Waals surface area contributed by atoms with Crippen molar-refractivity contribution in [3.8, 4) is 11.1 Å². The third-order valence-electron chi connectivity index (χ3n) is 5.11. The van der Waals surface area contributed by atoms with Crippen LogP contribution in [-0.4, -0.2) is 29.8 Å². The van der Waals surface area contributed by atoms with Crippen LogP contribution in [0.1, 0.15) is 33.6 Å². The van der Waals surface area contributed by atoms with E-state index >= 15 is 0 Å². The number of nitrogens with zero attached hydrogens (tertiary/aromatic N) is 1. The molecule has 1 saturated heterocycles. The summed E-state index contributed by atoms with van der Waals surface area (Å²) in [6.45, 7) is 6.45. The molecular weight excluding hydrogens is 374 g/mol.